The standard InChI is InChI=1S/C20H17F2NO3/c1-13(14-5-3-2-4-6-14)23-20(24)19-10-8-16(26-19)12-25-18-9-7-15(21)11-17(18)22/h2-11,13H,12H2,1H3,(H,23,24). The Balaban J connectivity index is 1.59. The number of furan rings is 1. The summed E-state index contributed by atoms with van der Waals surface area (Å²) in [6.45, 7) is 1.79. The van der Waals surface area contributed by atoms with E-state index in [0.717, 1.165) is 17.7 Å². The summed E-state index contributed by atoms with van der Waals surface area (Å²) in [5.74, 6) is -1.45. The van der Waals surface area contributed by atoms with E-state index < -0.39 is 11.6 Å². The van der Waals surface area contributed by atoms with Crippen LogP contribution in [0.5, 0.6) is 5.75 Å². The molecule has 2 aromatic carbocycles. The van der Waals surface area contributed by atoms with E-state index in [0.29, 0.717) is 5.76 Å². The van der Waals surface area contributed by atoms with Crippen LogP contribution in [-0.2, 0) is 6.61 Å². The summed E-state index contributed by atoms with van der Waals surface area (Å²) in [5, 5.41) is 2.84. The second-order valence-electron chi connectivity index (χ2n) is 5.74. The fourth-order valence-electron chi connectivity index (χ4n) is 2.41. The molecule has 1 heterocycles. The number of nitrogens with one attached hydrogen (secondary N) is 1. The van der Waals surface area contributed by atoms with Gasteiger partial charge in [0.2, 0.25) is 0 Å². The van der Waals surface area contributed by atoms with E-state index in [9.17, 15) is 13.6 Å². The van der Waals surface area contributed by atoms with Crippen molar-refractivity contribution in [1.29, 1.82) is 0 Å². The number of rotatable bonds is 6. The van der Waals surface area contributed by atoms with Gasteiger partial charge in [-0.15, -0.1) is 0 Å². The van der Waals surface area contributed by atoms with Gasteiger partial charge in [0.15, 0.2) is 17.3 Å². The molecule has 1 unspecified atom stereocenters. The zero-order valence-electron chi connectivity index (χ0n) is 14.0. The summed E-state index contributed by atoms with van der Waals surface area (Å²) in [5.41, 5.74) is 0.975. The van der Waals surface area contributed by atoms with Crippen LogP contribution in [0.25, 0.3) is 0 Å². The first kappa shape index (κ1) is 17.7. The number of halogens is 2. The summed E-state index contributed by atoms with van der Waals surface area (Å²) >= 11 is 0. The number of benzene rings is 2. The van der Waals surface area contributed by atoms with Crippen LogP contribution in [0.4, 0.5) is 8.78 Å². The molecule has 0 saturated carbocycles. The maximum atomic E-state index is 13.5. The largest absolute Gasteiger partial charge is 0.483 e. The lowest BCUT2D eigenvalue weighted by Crippen LogP contribution is -2.26. The maximum Gasteiger partial charge on any atom is 0.287 e. The van der Waals surface area contributed by atoms with Crippen LogP contribution in [0.15, 0.2) is 65.1 Å². The minimum Gasteiger partial charge on any atom is -0.483 e. The van der Waals surface area contributed by atoms with Crippen molar-refractivity contribution >= 4 is 5.91 Å². The first-order chi connectivity index (χ1) is 12.5. The Hall–Kier alpha value is -3.15. The normalized spacial score (nSPS) is 11.8. The van der Waals surface area contributed by atoms with Crippen molar-refractivity contribution in [3.63, 3.8) is 0 Å². The van der Waals surface area contributed by atoms with Gasteiger partial charge in [0.1, 0.15) is 18.2 Å². The van der Waals surface area contributed by atoms with Gasteiger partial charge >= 0.3 is 0 Å². The second kappa shape index (κ2) is 7.82. The molecule has 1 atom stereocenters. The van der Waals surface area contributed by atoms with Gasteiger partial charge < -0.3 is 14.5 Å². The fraction of sp³-hybridized carbons (Fsp3) is 0.150. The number of ether oxygens (including phenoxy) is 1. The zero-order chi connectivity index (χ0) is 18.5. The molecule has 0 aliphatic heterocycles. The lowest BCUT2D eigenvalue weighted by Gasteiger charge is -2.13. The molecule has 0 saturated heterocycles. The summed E-state index contributed by atoms with van der Waals surface area (Å²) in [4.78, 5) is 12.3. The molecule has 1 aromatic heterocycles. The van der Waals surface area contributed by atoms with E-state index in [-0.39, 0.29) is 30.1 Å². The first-order valence-electron chi connectivity index (χ1n) is 8.05. The van der Waals surface area contributed by atoms with Crippen molar-refractivity contribution in [1.82, 2.24) is 5.32 Å². The van der Waals surface area contributed by atoms with Crippen LogP contribution < -0.4 is 10.1 Å². The quantitative estimate of drug-likeness (QED) is 0.700. The molecule has 26 heavy (non-hydrogen) atoms. The van der Waals surface area contributed by atoms with Gasteiger partial charge in [-0.05, 0) is 36.8 Å². The van der Waals surface area contributed by atoms with E-state index in [1.54, 1.807) is 6.07 Å². The van der Waals surface area contributed by atoms with Gasteiger partial charge in [0, 0.05) is 6.07 Å². The van der Waals surface area contributed by atoms with Gasteiger partial charge in [-0.3, -0.25) is 4.79 Å². The minimum absolute atomic E-state index is 0.0793. The number of carbonyl (C=O) groups is 1. The third-order valence-corrected chi connectivity index (χ3v) is 3.80. The van der Waals surface area contributed by atoms with Crippen LogP contribution >= 0.6 is 0 Å². The van der Waals surface area contributed by atoms with Gasteiger partial charge in [-0.1, -0.05) is 30.3 Å². The Morgan fingerprint density at radius 1 is 1.12 bits per heavy atom. The molecule has 1 amide bonds. The molecule has 6 heteroatoms. The van der Waals surface area contributed by atoms with Crippen LogP contribution in [0.2, 0.25) is 0 Å². The zero-order valence-corrected chi connectivity index (χ0v) is 14.0. The highest BCUT2D eigenvalue weighted by molar-refractivity contribution is 5.91. The van der Waals surface area contributed by atoms with E-state index in [2.05, 4.69) is 5.32 Å². The number of hydrogen-bond acceptors (Lipinski definition) is 3. The maximum absolute atomic E-state index is 13.5. The Morgan fingerprint density at radius 2 is 1.88 bits per heavy atom. The minimum atomic E-state index is -0.800. The van der Waals surface area contributed by atoms with Crippen molar-refractivity contribution in [3.05, 3.63) is 89.4 Å². The number of carbonyl (C=O) groups excluding carboxylic acids is 1. The molecule has 4 nitrogen and oxygen atoms in total. The van der Waals surface area contributed by atoms with Crippen molar-refractivity contribution in [2.45, 2.75) is 19.6 Å². The predicted octanol–water partition coefficient (Wildman–Crippen LogP) is 4.63. The Morgan fingerprint density at radius 3 is 2.62 bits per heavy atom. The molecule has 0 fully saturated rings. The summed E-state index contributed by atoms with van der Waals surface area (Å²) < 4.78 is 37.1. The summed E-state index contributed by atoms with van der Waals surface area (Å²) in [6, 6.07) is 15.5. The van der Waals surface area contributed by atoms with Gasteiger partial charge in [0.25, 0.3) is 5.91 Å². The summed E-state index contributed by atoms with van der Waals surface area (Å²) in [6.07, 6.45) is 0. The van der Waals surface area contributed by atoms with Gasteiger partial charge in [-0.25, -0.2) is 8.78 Å². The average Bonchev–Trinajstić information content (AvgIpc) is 3.11. The molecule has 0 aliphatic carbocycles. The third-order valence-electron chi connectivity index (χ3n) is 3.80. The van der Waals surface area contributed by atoms with Crippen LogP contribution in [-0.4, -0.2) is 5.91 Å². The molecule has 0 spiro atoms. The first-order valence-corrected chi connectivity index (χ1v) is 8.05. The van der Waals surface area contributed by atoms with Crippen LogP contribution in [0.3, 0.4) is 0 Å². The lowest BCUT2D eigenvalue weighted by molar-refractivity contribution is 0.0907. The van der Waals surface area contributed by atoms with Crippen molar-refractivity contribution in [2.24, 2.45) is 0 Å². The van der Waals surface area contributed by atoms with E-state index in [4.69, 9.17) is 9.15 Å². The molecule has 134 valence electrons. The van der Waals surface area contributed by atoms with Crippen molar-refractivity contribution < 1.29 is 22.7 Å². The van der Waals surface area contributed by atoms with Crippen LogP contribution in [0, 0.1) is 11.6 Å². The summed E-state index contributed by atoms with van der Waals surface area (Å²) in [7, 11) is 0. The molecular formula is C20H17F2NO3. The van der Waals surface area contributed by atoms with E-state index in [1.807, 2.05) is 37.3 Å². The highest BCUT2D eigenvalue weighted by atomic mass is 19.1. The van der Waals surface area contributed by atoms with Gasteiger partial charge in [-0.2, -0.15) is 0 Å². The van der Waals surface area contributed by atoms with E-state index in [1.165, 1.54) is 12.1 Å². The predicted molar refractivity (Wildman–Crippen MR) is 91.7 cm³/mol. The average molecular weight is 357 g/mol. The second-order valence-corrected chi connectivity index (χ2v) is 5.74. The van der Waals surface area contributed by atoms with Gasteiger partial charge in [0.05, 0.1) is 6.04 Å². The van der Waals surface area contributed by atoms with Crippen molar-refractivity contribution in [2.75, 3.05) is 0 Å². The van der Waals surface area contributed by atoms with Crippen molar-refractivity contribution in [3.8, 4) is 5.75 Å². The highest BCUT2D eigenvalue weighted by Crippen LogP contribution is 2.20. The topological polar surface area (TPSA) is 51.5 Å². The monoisotopic (exact) mass is 357 g/mol. The molecule has 1 N–H and O–H groups in total. The Labute approximate surface area is 149 Å². The third kappa shape index (κ3) is 4.27. The number of amides is 1. The molecule has 3 aromatic rings. The smallest absolute Gasteiger partial charge is 0.287 e. The molecular weight excluding hydrogens is 340 g/mol. The highest BCUT2D eigenvalue weighted by Gasteiger charge is 2.15. The molecule has 3 rings (SSSR count). The van der Waals surface area contributed by atoms with E-state index >= 15 is 0 Å². The molecule has 0 radical (unpaired) electrons. The molecule has 0 bridgehead atoms. The Kier molecular flexibility index (Phi) is 5.31. The lowest BCUT2D eigenvalue weighted by atomic mass is 10.1. The number of hydrogen-bond donors (Lipinski definition) is 1. The molecule has 0 aliphatic rings. The fourth-order valence-corrected chi connectivity index (χ4v) is 2.41. The Bertz CT molecular complexity index is 893. The van der Waals surface area contributed by atoms with Crippen LogP contribution in [0.1, 0.15) is 34.8 Å². The SMILES string of the molecule is CC(NC(=O)c1ccc(COc2ccc(F)cc2F)o1)c1ccccc1.